The van der Waals surface area contributed by atoms with Crippen molar-refractivity contribution in [2.75, 3.05) is 0 Å². The maximum absolute atomic E-state index is 10.5. The Kier molecular flexibility index (Phi) is 5.01. The van der Waals surface area contributed by atoms with E-state index in [2.05, 4.69) is 0 Å². The first-order valence-corrected chi connectivity index (χ1v) is 8.39. The minimum Gasteiger partial charge on any atom is -0.457 e. The van der Waals surface area contributed by atoms with E-state index in [9.17, 15) is 15.3 Å². The van der Waals surface area contributed by atoms with Crippen LogP contribution in [-0.4, -0.2) is 15.3 Å². The first kappa shape index (κ1) is 19.4. The van der Waals surface area contributed by atoms with Crippen molar-refractivity contribution in [2.24, 2.45) is 0 Å². The summed E-state index contributed by atoms with van der Waals surface area (Å²) in [5.74, 6) is 1.13. The molecule has 4 heteroatoms. The molecule has 0 saturated heterocycles. The maximum Gasteiger partial charge on any atom is 0.133 e. The van der Waals surface area contributed by atoms with E-state index >= 15 is 0 Å². The van der Waals surface area contributed by atoms with Gasteiger partial charge in [0.1, 0.15) is 11.5 Å². The topological polar surface area (TPSA) is 69.9 Å². The maximum atomic E-state index is 10.5. The molecule has 0 amide bonds. The summed E-state index contributed by atoms with van der Waals surface area (Å²) in [6.07, 6.45) is 0. The zero-order chi connectivity index (χ0) is 19.0. The molecular weight excluding hydrogens is 316 g/mol. The fraction of sp³-hybridized carbons (Fsp3) is 0.429. The molecule has 4 nitrogen and oxygen atoms in total. The second kappa shape index (κ2) is 6.45. The monoisotopic (exact) mass is 344 g/mol. The van der Waals surface area contributed by atoms with Crippen LogP contribution >= 0.6 is 0 Å². The molecule has 2 rings (SSSR count). The van der Waals surface area contributed by atoms with Gasteiger partial charge in [0.15, 0.2) is 0 Å². The van der Waals surface area contributed by atoms with Gasteiger partial charge in [-0.1, -0.05) is 18.2 Å². The van der Waals surface area contributed by atoms with Crippen molar-refractivity contribution in [2.45, 2.75) is 58.3 Å². The molecule has 0 saturated carbocycles. The summed E-state index contributed by atoms with van der Waals surface area (Å²) < 4.78 is 5.95. The summed E-state index contributed by atoms with van der Waals surface area (Å²) in [6, 6.07) is 12.5. The third-order valence-electron chi connectivity index (χ3n) is 4.13. The summed E-state index contributed by atoms with van der Waals surface area (Å²) in [7, 11) is 0. The van der Waals surface area contributed by atoms with Crippen LogP contribution in [0.2, 0.25) is 0 Å². The van der Waals surface area contributed by atoms with Crippen LogP contribution in [0.15, 0.2) is 42.5 Å². The number of rotatable bonds is 5. The predicted molar refractivity (Wildman–Crippen MR) is 98.7 cm³/mol. The molecule has 0 unspecified atom stereocenters. The Morgan fingerprint density at radius 1 is 0.640 bits per heavy atom. The van der Waals surface area contributed by atoms with Crippen LogP contribution in [0.4, 0.5) is 0 Å². The van der Waals surface area contributed by atoms with Gasteiger partial charge < -0.3 is 20.1 Å². The van der Waals surface area contributed by atoms with Crippen LogP contribution in [0, 0.1) is 0 Å². The van der Waals surface area contributed by atoms with Gasteiger partial charge in [0.25, 0.3) is 0 Å². The number of aliphatic hydroxyl groups is 3. The summed E-state index contributed by atoms with van der Waals surface area (Å²) in [5, 5.41) is 30.7. The number of benzene rings is 2. The van der Waals surface area contributed by atoms with Crippen LogP contribution in [0.25, 0.3) is 0 Å². The van der Waals surface area contributed by atoms with E-state index < -0.39 is 16.8 Å². The molecule has 0 bridgehead atoms. The number of hydrogen-bond donors (Lipinski definition) is 3. The van der Waals surface area contributed by atoms with Crippen LogP contribution < -0.4 is 4.74 Å². The molecule has 136 valence electrons. The normalized spacial score (nSPS) is 13.0. The minimum atomic E-state index is -1.12. The Morgan fingerprint density at radius 2 is 1.12 bits per heavy atom. The van der Waals surface area contributed by atoms with E-state index in [1.54, 1.807) is 71.9 Å². The summed E-state index contributed by atoms with van der Waals surface area (Å²) in [4.78, 5) is 0. The van der Waals surface area contributed by atoms with Crippen molar-refractivity contribution >= 4 is 0 Å². The van der Waals surface area contributed by atoms with Gasteiger partial charge in [-0.15, -0.1) is 0 Å². The lowest BCUT2D eigenvalue weighted by atomic mass is 9.90. The molecule has 0 spiro atoms. The Morgan fingerprint density at radius 3 is 1.56 bits per heavy atom. The van der Waals surface area contributed by atoms with E-state index in [1.807, 2.05) is 12.1 Å². The van der Waals surface area contributed by atoms with Gasteiger partial charge in [-0.05, 0) is 76.9 Å². The van der Waals surface area contributed by atoms with E-state index in [0.717, 1.165) is 5.56 Å². The number of hydrogen-bond acceptors (Lipinski definition) is 4. The van der Waals surface area contributed by atoms with Gasteiger partial charge in [0, 0.05) is 5.56 Å². The highest BCUT2D eigenvalue weighted by Gasteiger charge is 2.25. The van der Waals surface area contributed by atoms with Crippen LogP contribution in [0.3, 0.4) is 0 Å². The van der Waals surface area contributed by atoms with E-state index in [0.29, 0.717) is 22.6 Å². The fourth-order valence-corrected chi connectivity index (χ4v) is 2.54. The van der Waals surface area contributed by atoms with Crippen LogP contribution in [0.5, 0.6) is 11.5 Å². The molecule has 0 heterocycles. The van der Waals surface area contributed by atoms with Gasteiger partial charge in [-0.3, -0.25) is 0 Å². The van der Waals surface area contributed by atoms with Crippen molar-refractivity contribution in [3.05, 3.63) is 59.2 Å². The Labute approximate surface area is 149 Å². The lowest BCUT2D eigenvalue weighted by Gasteiger charge is -2.26. The van der Waals surface area contributed by atoms with E-state index in [-0.39, 0.29) is 0 Å². The standard InChI is InChI=1S/C21H28O4/c1-19(2,22)14-7-10-16(11-8-14)25-18-12-9-15(20(3,4)23)13-17(18)21(5,6)24/h7-13,22-24H,1-6H3. The molecule has 0 fully saturated rings. The van der Waals surface area contributed by atoms with Gasteiger partial charge in [-0.25, -0.2) is 0 Å². The van der Waals surface area contributed by atoms with Gasteiger partial charge in [0.05, 0.1) is 16.8 Å². The van der Waals surface area contributed by atoms with Gasteiger partial charge >= 0.3 is 0 Å². The summed E-state index contributed by atoms with van der Waals surface area (Å²) >= 11 is 0. The molecule has 2 aromatic carbocycles. The third-order valence-corrected chi connectivity index (χ3v) is 4.13. The Hall–Kier alpha value is -1.88. The molecule has 0 aliphatic carbocycles. The largest absolute Gasteiger partial charge is 0.457 e. The molecular formula is C21H28O4. The van der Waals surface area contributed by atoms with Crippen molar-refractivity contribution in [3.63, 3.8) is 0 Å². The first-order valence-electron chi connectivity index (χ1n) is 8.39. The molecule has 2 aromatic rings. The van der Waals surface area contributed by atoms with Crippen LogP contribution in [-0.2, 0) is 16.8 Å². The van der Waals surface area contributed by atoms with Gasteiger partial charge in [-0.2, -0.15) is 0 Å². The van der Waals surface area contributed by atoms with Crippen molar-refractivity contribution in [3.8, 4) is 11.5 Å². The molecule has 0 aliphatic heterocycles. The fourth-order valence-electron chi connectivity index (χ4n) is 2.54. The zero-order valence-corrected chi connectivity index (χ0v) is 15.8. The zero-order valence-electron chi connectivity index (χ0n) is 15.8. The quantitative estimate of drug-likeness (QED) is 0.762. The SMILES string of the molecule is CC(C)(O)c1ccc(Oc2ccc(C(C)(C)O)cc2C(C)(C)O)cc1. The Balaban J connectivity index is 2.39. The summed E-state index contributed by atoms with van der Waals surface area (Å²) in [6.45, 7) is 10.2. The highest BCUT2D eigenvalue weighted by atomic mass is 16.5. The average Bonchev–Trinajstić information content (AvgIpc) is 2.45. The van der Waals surface area contributed by atoms with E-state index in [4.69, 9.17) is 4.74 Å². The van der Waals surface area contributed by atoms with E-state index in [1.165, 1.54) is 0 Å². The highest BCUT2D eigenvalue weighted by Crippen LogP contribution is 2.36. The van der Waals surface area contributed by atoms with Crippen molar-refractivity contribution < 1.29 is 20.1 Å². The highest BCUT2D eigenvalue weighted by molar-refractivity contribution is 5.45. The molecule has 0 aliphatic rings. The average molecular weight is 344 g/mol. The third kappa shape index (κ3) is 4.82. The lowest BCUT2D eigenvalue weighted by molar-refractivity contribution is 0.0702. The lowest BCUT2D eigenvalue weighted by Crippen LogP contribution is -2.20. The first-order chi connectivity index (χ1) is 11.3. The molecule has 0 atom stereocenters. The summed E-state index contributed by atoms with van der Waals surface area (Å²) in [5.41, 5.74) is -0.949. The van der Waals surface area contributed by atoms with Crippen molar-refractivity contribution in [1.29, 1.82) is 0 Å². The number of ether oxygens (including phenoxy) is 1. The Bertz CT molecular complexity index is 726. The second-order valence-corrected chi connectivity index (χ2v) is 8.01. The molecule has 3 N–H and O–H groups in total. The predicted octanol–water partition coefficient (Wildman–Crippen LogP) is 4.16. The molecule has 25 heavy (non-hydrogen) atoms. The molecule has 0 aromatic heterocycles. The van der Waals surface area contributed by atoms with Gasteiger partial charge in [0.2, 0.25) is 0 Å². The smallest absolute Gasteiger partial charge is 0.133 e. The minimum absolute atomic E-state index is 0.525. The van der Waals surface area contributed by atoms with Crippen molar-refractivity contribution in [1.82, 2.24) is 0 Å². The molecule has 0 radical (unpaired) electrons. The second-order valence-electron chi connectivity index (χ2n) is 8.01. The van der Waals surface area contributed by atoms with Crippen LogP contribution in [0.1, 0.15) is 58.2 Å².